The van der Waals surface area contributed by atoms with Gasteiger partial charge < -0.3 is 11.1 Å². The lowest BCUT2D eigenvalue weighted by Gasteiger charge is -2.28. The minimum absolute atomic E-state index is 0.102. The van der Waals surface area contributed by atoms with E-state index in [9.17, 15) is 4.39 Å². The molecule has 1 saturated carbocycles. The third-order valence-electron chi connectivity index (χ3n) is 3.58. The predicted octanol–water partition coefficient (Wildman–Crippen LogP) is 2.44. The molecule has 0 amide bonds. The summed E-state index contributed by atoms with van der Waals surface area (Å²) in [5, 5.41) is 3.05. The van der Waals surface area contributed by atoms with Gasteiger partial charge in [0, 0.05) is 6.54 Å². The molecule has 1 aromatic heterocycles. The van der Waals surface area contributed by atoms with Gasteiger partial charge in [-0.1, -0.05) is 26.2 Å². The molecular formula is C12H19FN4. The zero-order valence-electron chi connectivity index (χ0n) is 10.1. The summed E-state index contributed by atoms with van der Waals surface area (Å²) in [6.45, 7) is 3.02. The molecule has 2 atom stereocenters. The zero-order chi connectivity index (χ0) is 12.3. The van der Waals surface area contributed by atoms with Crippen LogP contribution in [0.25, 0.3) is 0 Å². The van der Waals surface area contributed by atoms with E-state index in [4.69, 9.17) is 5.73 Å². The van der Waals surface area contributed by atoms with Gasteiger partial charge in [-0.15, -0.1) is 0 Å². The Morgan fingerprint density at radius 2 is 2.24 bits per heavy atom. The maximum absolute atomic E-state index is 13.4. The van der Waals surface area contributed by atoms with E-state index in [0.717, 1.165) is 12.7 Å². The molecule has 1 heterocycles. The van der Waals surface area contributed by atoms with Gasteiger partial charge >= 0.3 is 0 Å². The average Bonchev–Trinajstić information content (AvgIpc) is 2.32. The molecule has 17 heavy (non-hydrogen) atoms. The molecule has 2 unspecified atom stereocenters. The van der Waals surface area contributed by atoms with E-state index < -0.39 is 5.82 Å². The summed E-state index contributed by atoms with van der Waals surface area (Å²) in [6, 6.07) is 0. The van der Waals surface area contributed by atoms with Crippen molar-refractivity contribution in [3.8, 4) is 0 Å². The standard InChI is InChI=1S/C12H19FN4/c1-8-4-2-3-5-9(8)6-15-11-10(13)7-16-12(14)17-11/h7-9H,2-6H2,1H3,(H3,14,15,16,17). The quantitative estimate of drug-likeness (QED) is 0.849. The van der Waals surface area contributed by atoms with Crippen molar-refractivity contribution in [1.82, 2.24) is 9.97 Å². The SMILES string of the molecule is CC1CCCCC1CNc1nc(N)ncc1F. The van der Waals surface area contributed by atoms with Crippen molar-refractivity contribution in [3.63, 3.8) is 0 Å². The van der Waals surface area contributed by atoms with Crippen LogP contribution < -0.4 is 11.1 Å². The fraction of sp³-hybridized carbons (Fsp3) is 0.667. The van der Waals surface area contributed by atoms with Gasteiger partial charge in [0.1, 0.15) is 0 Å². The van der Waals surface area contributed by atoms with E-state index in [1.54, 1.807) is 0 Å². The number of hydrogen-bond acceptors (Lipinski definition) is 4. The summed E-state index contributed by atoms with van der Waals surface area (Å²) >= 11 is 0. The van der Waals surface area contributed by atoms with Crippen molar-refractivity contribution < 1.29 is 4.39 Å². The summed E-state index contributed by atoms with van der Waals surface area (Å²) in [5.74, 6) is 1.17. The molecule has 0 radical (unpaired) electrons. The molecule has 4 nitrogen and oxygen atoms in total. The van der Waals surface area contributed by atoms with E-state index in [2.05, 4.69) is 22.2 Å². The molecule has 0 saturated heterocycles. The molecule has 3 N–H and O–H groups in total. The molecular weight excluding hydrogens is 219 g/mol. The fourth-order valence-electron chi connectivity index (χ4n) is 2.43. The Labute approximate surface area is 101 Å². The Hall–Kier alpha value is -1.39. The normalized spacial score (nSPS) is 24.6. The Balaban J connectivity index is 1.94. The minimum Gasteiger partial charge on any atom is -0.368 e. The van der Waals surface area contributed by atoms with Crippen molar-refractivity contribution in [2.45, 2.75) is 32.6 Å². The maximum Gasteiger partial charge on any atom is 0.222 e. The molecule has 0 aliphatic heterocycles. The number of halogens is 1. The van der Waals surface area contributed by atoms with Gasteiger partial charge in [0.2, 0.25) is 5.95 Å². The van der Waals surface area contributed by atoms with Crippen molar-refractivity contribution >= 4 is 11.8 Å². The molecule has 0 bridgehead atoms. The third kappa shape index (κ3) is 3.05. The van der Waals surface area contributed by atoms with Gasteiger partial charge in [0.25, 0.3) is 0 Å². The van der Waals surface area contributed by atoms with Gasteiger partial charge in [0.15, 0.2) is 11.6 Å². The number of nitrogens with two attached hydrogens (primary N) is 1. The third-order valence-corrected chi connectivity index (χ3v) is 3.58. The Kier molecular flexibility index (Phi) is 3.76. The van der Waals surface area contributed by atoms with E-state index in [1.165, 1.54) is 25.7 Å². The Morgan fingerprint density at radius 1 is 1.47 bits per heavy atom. The largest absolute Gasteiger partial charge is 0.368 e. The van der Waals surface area contributed by atoms with Crippen LogP contribution in [0.1, 0.15) is 32.6 Å². The van der Waals surface area contributed by atoms with Gasteiger partial charge in [-0.2, -0.15) is 4.98 Å². The number of aromatic nitrogens is 2. The lowest BCUT2D eigenvalue weighted by Crippen LogP contribution is -2.25. The van der Waals surface area contributed by atoms with Crippen LogP contribution in [0.2, 0.25) is 0 Å². The smallest absolute Gasteiger partial charge is 0.222 e. The monoisotopic (exact) mass is 238 g/mol. The van der Waals surface area contributed by atoms with Gasteiger partial charge in [-0.3, -0.25) is 0 Å². The van der Waals surface area contributed by atoms with E-state index in [-0.39, 0.29) is 11.8 Å². The maximum atomic E-state index is 13.4. The number of nitrogen functional groups attached to an aromatic ring is 1. The molecule has 1 aliphatic carbocycles. The van der Waals surface area contributed by atoms with Gasteiger partial charge in [0.05, 0.1) is 6.20 Å². The molecule has 2 rings (SSSR count). The van der Waals surface area contributed by atoms with Crippen LogP contribution in [0, 0.1) is 17.7 Å². The highest BCUT2D eigenvalue weighted by Gasteiger charge is 2.21. The first kappa shape index (κ1) is 12.1. The van der Waals surface area contributed by atoms with Gasteiger partial charge in [-0.05, 0) is 18.3 Å². The number of nitrogens with one attached hydrogen (secondary N) is 1. The van der Waals surface area contributed by atoms with Crippen LogP contribution in [0.5, 0.6) is 0 Å². The average molecular weight is 238 g/mol. The topological polar surface area (TPSA) is 63.8 Å². The number of nitrogens with zero attached hydrogens (tertiary/aromatic N) is 2. The fourth-order valence-corrected chi connectivity index (χ4v) is 2.43. The Bertz CT molecular complexity index is 383. The van der Waals surface area contributed by atoms with Crippen molar-refractivity contribution in [1.29, 1.82) is 0 Å². The predicted molar refractivity (Wildman–Crippen MR) is 66.0 cm³/mol. The lowest BCUT2D eigenvalue weighted by molar-refractivity contribution is 0.268. The summed E-state index contributed by atoms with van der Waals surface area (Å²) in [5.41, 5.74) is 5.43. The minimum atomic E-state index is -0.442. The molecule has 0 spiro atoms. The molecule has 1 aliphatic rings. The van der Waals surface area contributed by atoms with Crippen molar-refractivity contribution in [2.24, 2.45) is 11.8 Å². The molecule has 5 heteroatoms. The first-order valence-electron chi connectivity index (χ1n) is 6.18. The van der Waals surface area contributed by atoms with Gasteiger partial charge in [-0.25, -0.2) is 9.37 Å². The van der Waals surface area contributed by atoms with E-state index in [0.29, 0.717) is 11.8 Å². The first-order valence-corrected chi connectivity index (χ1v) is 6.18. The summed E-state index contributed by atoms with van der Waals surface area (Å²) in [6.07, 6.45) is 6.16. The summed E-state index contributed by atoms with van der Waals surface area (Å²) in [4.78, 5) is 7.46. The Morgan fingerprint density at radius 3 is 3.00 bits per heavy atom. The number of rotatable bonds is 3. The second-order valence-corrected chi connectivity index (χ2v) is 4.83. The van der Waals surface area contributed by atoms with Crippen LogP contribution >= 0.6 is 0 Å². The van der Waals surface area contributed by atoms with E-state index >= 15 is 0 Å². The highest BCUT2D eigenvalue weighted by atomic mass is 19.1. The summed E-state index contributed by atoms with van der Waals surface area (Å²) < 4.78 is 13.4. The van der Waals surface area contributed by atoms with Crippen LogP contribution in [-0.2, 0) is 0 Å². The lowest BCUT2D eigenvalue weighted by atomic mass is 9.80. The van der Waals surface area contributed by atoms with Crippen LogP contribution in [0.15, 0.2) is 6.20 Å². The van der Waals surface area contributed by atoms with E-state index in [1.807, 2.05) is 0 Å². The molecule has 1 aromatic rings. The van der Waals surface area contributed by atoms with Crippen LogP contribution in [-0.4, -0.2) is 16.5 Å². The molecule has 0 aromatic carbocycles. The number of anilines is 2. The molecule has 1 fully saturated rings. The highest BCUT2D eigenvalue weighted by molar-refractivity contribution is 5.39. The second-order valence-electron chi connectivity index (χ2n) is 4.83. The highest BCUT2D eigenvalue weighted by Crippen LogP contribution is 2.29. The zero-order valence-corrected chi connectivity index (χ0v) is 10.1. The van der Waals surface area contributed by atoms with Crippen LogP contribution in [0.4, 0.5) is 16.2 Å². The van der Waals surface area contributed by atoms with Crippen molar-refractivity contribution in [2.75, 3.05) is 17.6 Å². The first-order chi connectivity index (χ1) is 8.16. The second kappa shape index (κ2) is 5.29. The number of hydrogen-bond donors (Lipinski definition) is 2. The molecule has 94 valence electrons. The van der Waals surface area contributed by atoms with Crippen LogP contribution in [0.3, 0.4) is 0 Å². The van der Waals surface area contributed by atoms with Crippen molar-refractivity contribution in [3.05, 3.63) is 12.0 Å². The summed E-state index contributed by atoms with van der Waals surface area (Å²) in [7, 11) is 0.